The zero-order valence-electron chi connectivity index (χ0n) is 10.0. The number of carbonyl (C=O) groups is 2. The van der Waals surface area contributed by atoms with Crippen LogP contribution < -0.4 is 0 Å². The number of hydrogen-bond donors (Lipinski definition) is 1. The molecular weight excluding hydrogens is 332 g/mol. The van der Waals surface area contributed by atoms with Gasteiger partial charge in [-0.05, 0) is 24.3 Å². The van der Waals surface area contributed by atoms with Crippen LogP contribution in [-0.4, -0.2) is 39.3 Å². The number of aliphatic imine (C=N–C) groups is 1. The molecule has 0 aromatic heterocycles. The quantitative estimate of drug-likeness (QED) is 0.896. The third kappa shape index (κ3) is 3.36. The van der Waals surface area contributed by atoms with Gasteiger partial charge in [0.05, 0.1) is 12.1 Å². The standard InChI is InChI=1S/C12H11BrN2O3S/c1-15-10(16)6-9(11(17)18)19-12(15)14-8-4-2-7(13)3-5-8/h2-5,9H,6H2,1H3,(H,17,18). The summed E-state index contributed by atoms with van der Waals surface area (Å²) in [5, 5.41) is 8.65. The molecule has 100 valence electrons. The Morgan fingerprint density at radius 3 is 2.68 bits per heavy atom. The van der Waals surface area contributed by atoms with Gasteiger partial charge in [0.1, 0.15) is 5.25 Å². The maximum absolute atomic E-state index is 11.7. The Balaban J connectivity index is 2.27. The average molecular weight is 343 g/mol. The molecule has 2 rings (SSSR count). The van der Waals surface area contributed by atoms with Gasteiger partial charge in [-0.2, -0.15) is 0 Å². The van der Waals surface area contributed by atoms with Crippen LogP contribution in [0.5, 0.6) is 0 Å². The summed E-state index contributed by atoms with van der Waals surface area (Å²) in [6.07, 6.45) is -0.00411. The van der Waals surface area contributed by atoms with Crippen LogP contribution in [0.1, 0.15) is 6.42 Å². The van der Waals surface area contributed by atoms with Crippen molar-refractivity contribution in [2.24, 2.45) is 4.99 Å². The summed E-state index contributed by atoms with van der Waals surface area (Å²) in [4.78, 5) is 28.4. The highest BCUT2D eigenvalue weighted by Crippen LogP contribution is 2.28. The minimum absolute atomic E-state index is 0.00411. The van der Waals surface area contributed by atoms with E-state index in [1.165, 1.54) is 4.90 Å². The third-order valence-electron chi connectivity index (χ3n) is 2.60. The van der Waals surface area contributed by atoms with Crippen molar-refractivity contribution in [3.8, 4) is 0 Å². The summed E-state index contributed by atoms with van der Waals surface area (Å²) in [5.41, 5.74) is 0.677. The van der Waals surface area contributed by atoms with Crippen molar-refractivity contribution in [1.29, 1.82) is 0 Å². The van der Waals surface area contributed by atoms with Gasteiger partial charge in [0, 0.05) is 11.5 Å². The van der Waals surface area contributed by atoms with E-state index >= 15 is 0 Å². The van der Waals surface area contributed by atoms with E-state index in [9.17, 15) is 9.59 Å². The van der Waals surface area contributed by atoms with Crippen molar-refractivity contribution in [2.75, 3.05) is 7.05 Å². The second-order valence-electron chi connectivity index (χ2n) is 3.97. The second-order valence-corrected chi connectivity index (χ2v) is 6.06. The fourth-order valence-corrected chi connectivity index (χ4v) is 2.78. The molecule has 1 N–H and O–H groups in total. The van der Waals surface area contributed by atoms with Gasteiger partial charge in [-0.15, -0.1) is 0 Å². The van der Waals surface area contributed by atoms with Gasteiger partial charge < -0.3 is 5.11 Å². The number of thioether (sulfide) groups is 1. The van der Waals surface area contributed by atoms with Crippen molar-refractivity contribution >= 4 is 50.4 Å². The second kappa shape index (κ2) is 5.75. The van der Waals surface area contributed by atoms with Crippen LogP contribution in [0.3, 0.4) is 0 Å². The molecule has 1 aromatic carbocycles. The van der Waals surface area contributed by atoms with Gasteiger partial charge in [-0.25, -0.2) is 4.99 Å². The molecule has 19 heavy (non-hydrogen) atoms. The molecule has 1 unspecified atom stereocenters. The highest BCUT2D eigenvalue weighted by Gasteiger charge is 2.33. The Labute approximate surface area is 122 Å². The van der Waals surface area contributed by atoms with E-state index in [1.807, 2.05) is 12.1 Å². The third-order valence-corrected chi connectivity index (χ3v) is 4.35. The molecule has 0 saturated carbocycles. The van der Waals surface area contributed by atoms with E-state index in [4.69, 9.17) is 5.11 Å². The first-order valence-corrected chi connectivity index (χ1v) is 7.15. The summed E-state index contributed by atoms with van der Waals surface area (Å²) in [6.45, 7) is 0. The summed E-state index contributed by atoms with van der Waals surface area (Å²) >= 11 is 4.42. The largest absolute Gasteiger partial charge is 0.480 e. The molecule has 0 radical (unpaired) electrons. The summed E-state index contributed by atoms with van der Waals surface area (Å²) in [7, 11) is 1.60. The minimum atomic E-state index is -0.991. The van der Waals surface area contributed by atoms with E-state index in [0.29, 0.717) is 10.9 Å². The smallest absolute Gasteiger partial charge is 0.317 e. The minimum Gasteiger partial charge on any atom is -0.480 e. The van der Waals surface area contributed by atoms with Crippen molar-refractivity contribution in [3.05, 3.63) is 28.7 Å². The van der Waals surface area contributed by atoms with Crippen molar-refractivity contribution in [3.63, 3.8) is 0 Å². The lowest BCUT2D eigenvalue weighted by Gasteiger charge is -2.27. The molecule has 1 amide bonds. The Morgan fingerprint density at radius 1 is 1.47 bits per heavy atom. The van der Waals surface area contributed by atoms with Crippen molar-refractivity contribution in [1.82, 2.24) is 4.90 Å². The maximum atomic E-state index is 11.7. The van der Waals surface area contributed by atoms with E-state index < -0.39 is 11.2 Å². The van der Waals surface area contributed by atoms with E-state index in [1.54, 1.807) is 19.2 Å². The zero-order chi connectivity index (χ0) is 14.0. The van der Waals surface area contributed by atoms with E-state index in [0.717, 1.165) is 16.2 Å². The van der Waals surface area contributed by atoms with E-state index in [2.05, 4.69) is 20.9 Å². The molecule has 5 nitrogen and oxygen atoms in total. The van der Waals surface area contributed by atoms with Crippen LogP contribution >= 0.6 is 27.7 Å². The number of amidine groups is 1. The number of benzene rings is 1. The topological polar surface area (TPSA) is 70.0 Å². The van der Waals surface area contributed by atoms with Gasteiger partial charge in [0.15, 0.2) is 5.17 Å². The number of aliphatic carboxylic acids is 1. The predicted octanol–water partition coefficient (Wildman–Crippen LogP) is 2.49. The molecule has 1 aromatic rings. The Bertz CT molecular complexity index is 544. The summed E-state index contributed by atoms with van der Waals surface area (Å²) in [5.74, 6) is -1.23. The first kappa shape index (κ1) is 14.1. The van der Waals surface area contributed by atoms with Gasteiger partial charge in [-0.3, -0.25) is 14.5 Å². The number of carboxylic acids is 1. The molecule has 1 saturated heterocycles. The molecule has 0 bridgehead atoms. The molecule has 1 fully saturated rings. The van der Waals surface area contributed by atoms with Crippen LogP contribution in [0.15, 0.2) is 33.7 Å². The Morgan fingerprint density at radius 2 is 2.11 bits per heavy atom. The molecule has 1 heterocycles. The Hall–Kier alpha value is -1.34. The normalized spacial score (nSPS) is 21.8. The average Bonchev–Trinajstić information content (AvgIpc) is 2.37. The van der Waals surface area contributed by atoms with Gasteiger partial charge >= 0.3 is 5.97 Å². The summed E-state index contributed by atoms with van der Waals surface area (Å²) in [6, 6.07) is 7.26. The molecule has 0 aliphatic carbocycles. The number of halogens is 1. The first-order chi connectivity index (χ1) is 8.97. The number of amides is 1. The molecule has 1 atom stereocenters. The first-order valence-electron chi connectivity index (χ1n) is 5.47. The number of rotatable bonds is 2. The fourth-order valence-electron chi connectivity index (χ4n) is 1.52. The fraction of sp³-hybridized carbons (Fsp3) is 0.250. The monoisotopic (exact) mass is 342 g/mol. The number of nitrogens with zero attached hydrogens (tertiary/aromatic N) is 2. The van der Waals surface area contributed by atoms with Crippen LogP contribution in [0, 0.1) is 0 Å². The highest BCUT2D eigenvalue weighted by molar-refractivity contribution is 9.10. The number of carbonyl (C=O) groups excluding carboxylic acids is 1. The highest BCUT2D eigenvalue weighted by atomic mass is 79.9. The number of hydrogen-bond acceptors (Lipinski definition) is 4. The SMILES string of the molecule is CN1C(=O)CC(C(=O)O)SC1=Nc1ccc(Br)cc1. The molecular formula is C12H11BrN2O3S. The Kier molecular flexibility index (Phi) is 4.26. The lowest BCUT2D eigenvalue weighted by atomic mass is 10.3. The van der Waals surface area contributed by atoms with Crippen LogP contribution in [0.4, 0.5) is 5.69 Å². The zero-order valence-corrected chi connectivity index (χ0v) is 12.4. The van der Waals surface area contributed by atoms with Crippen molar-refractivity contribution in [2.45, 2.75) is 11.7 Å². The van der Waals surface area contributed by atoms with Crippen molar-refractivity contribution < 1.29 is 14.7 Å². The van der Waals surface area contributed by atoms with Gasteiger partial charge in [0.2, 0.25) is 5.91 Å². The maximum Gasteiger partial charge on any atom is 0.317 e. The van der Waals surface area contributed by atoms with E-state index in [-0.39, 0.29) is 12.3 Å². The molecule has 1 aliphatic rings. The molecule has 0 spiro atoms. The molecule has 1 aliphatic heterocycles. The summed E-state index contributed by atoms with van der Waals surface area (Å²) < 4.78 is 0.931. The van der Waals surface area contributed by atoms with Gasteiger partial charge in [0.25, 0.3) is 0 Å². The van der Waals surface area contributed by atoms with Crippen LogP contribution in [-0.2, 0) is 9.59 Å². The molecule has 7 heteroatoms. The number of carboxylic acid groups (broad SMARTS) is 1. The predicted molar refractivity (Wildman–Crippen MR) is 77.6 cm³/mol. The van der Waals surface area contributed by atoms with Crippen LogP contribution in [0.25, 0.3) is 0 Å². The lowest BCUT2D eigenvalue weighted by Crippen LogP contribution is -2.41. The lowest BCUT2D eigenvalue weighted by molar-refractivity contribution is -0.139. The van der Waals surface area contributed by atoms with Crippen LogP contribution in [0.2, 0.25) is 0 Å². The van der Waals surface area contributed by atoms with Gasteiger partial charge in [-0.1, -0.05) is 27.7 Å².